The number of nitrogens with one attached hydrogen (secondary N) is 1. The van der Waals surface area contributed by atoms with Gasteiger partial charge in [0.2, 0.25) is 5.90 Å². The summed E-state index contributed by atoms with van der Waals surface area (Å²) in [5.74, 6) is 2.33. The molecule has 0 aromatic rings. The molecule has 144 valence electrons. The molecule has 6 aliphatic rings. The van der Waals surface area contributed by atoms with Crippen molar-refractivity contribution >= 4 is 5.90 Å². The van der Waals surface area contributed by atoms with Crippen molar-refractivity contribution in [1.82, 2.24) is 0 Å². The summed E-state index contributed by atoms with van der Waals surface area (Å²) in [6, 6.07) is 0. The molecular formula is C22H33NO3. The molecule has 1 heterocycles. The van der Waals surface area contributed by atoms with Gasteiger partial charge in [-0.05, 0) is 83.0 Å². The van der Waals surface area contributed by atoms with Gasteiger partial charge >= 0.3 is 0 Å². The first-order valence-corrected chi connectivity index (χ1v) is 10.5. The summed E-state index contributed by atoms with van der Waals surface area (Å²) < 4.78 is 18.8. The number of fused-ring (bicyclic) bond motifs is 1. The molecule has 0 amide bonds. The molecule has 4 nitrogen and oxygen atoms in total. The molecule has 1 aliphatic heterocycles. The highest BCUT2D eigenvalue weighted by atomic mass is 16.6. The van der Waals surface area contributed by atoms with Gasteiger partial charge in [0.25, 0.3) is 0 Å². The lowest BCUT2D eigenvalue weighted by Crippen LogP contribution is -2.61. The Hall–Kier alpha value is -0.870. The Morgan fingerprint density at radius 3 is 2.50 bits per heavy atom. The fourth-order valence-electron chi connectivity index (χ4n) is 6.85. The molecule has 0 aromatic carbocycles. The van der Waals surface area contributed by atoms with Crippen molar-refractivity contribution in [3.63, 3.8) is 0 Å². The minimum atomic E-state index is -0.176. The summed E-state index contributed by atoms with van der Waals surface area (Å²) in [7, 11) is 0. The summed E-state index contributed by atoms with van der Waals surface area (Å²) in [6.45, 7) is 8.89. The summed E-state index contributed by atoms with van der Waals surface area (Å²) >= 11 is 0. The SMILES string of the molecule is C=C(C)C(=N)OC12CC3CC(CC(OCC4CCC5(C)OC5C4)(C3)C1)C2. The monoisotopic (exact) mass is 359 g/mol. The van der Waals surface area contributed by atoms with Gasteiger partial charge in [-0.1, -0.05) is 6.58 Å². The van der Waals surface area contributed by atoms with Crippen molar-refractivity contribution in [2.24, 2.45) is 17.8 Å². The smallest absolute Gasteiger partial charge is 0.208 e. The van der Waals surface area contributed by atoms with Gasteiger partial charge in [0.1, 0.15) is 5.60 Å². The largest absolute Gasteiger partial charge is 0.471 e. The molecule has 0 spiro atoms. The third kappa shape index (κ3) is 2.84. The zero-order valence-corrected chi connectivity index (χ0v) is 16.3. The third-order valence-corrected chi connectivity index (χ3v) is 7.92. The van der Waals surface area contributed by atoms with Gasteiger partial charge in [-0.15, -0.1) is 0 Å². The van der Waals surface area contributed by atoms with Crippen molar-refractivity contribution in [3.8, 4) is 0 Å². The second kappa shape index (κ2) is 5.57. The zero-order valence-electron chi connectivity index (χ0n) is 16.3. The molecule has 26 heavy (non-hydrogen) atoms. The van der Waals surface area contributed by atoms with Gasteiger partial charge in [0.15, 0.2) is 0 Å². The van der Waals surface area contributed by atoms with E-state index in [2.05, 4.69) is 13.5 Å². The van der Waals surface area contributed by atoms with Crippen LogP contribution >= 0.6 is 0 Å². The van der Waals surface area contributed by atoms with Crippen LogP contribution in [0.4, 0.5) is 0 Å². The number of epoxide rings is 1. The van der Waals surface area contributed by atoms with Crippen LogP contribution in [-0.2, 0) is 14.2 Å². The van der Waals surface area contributed by atoms with Crippen molar-refractivity contribution in [2.45, 2.75) is 94.5 Å². The lowest BCUT2D eigenvalue weighted by Gasteiger charge is -2.61. The summed E-state index contributed by atoms with van der Waals surface area (Å²) in [5, 5.41) is 8.17. The second-order valence-electron chi connectivity index (χ2n) is 10.4. The predicted molar refractivity (Wildman–Crippen MR) is 100 cm³/mol. The van der Waals surface area contributed by atoms with Gasteiger partial charge in [-0.25, -0.2) is 0 Å². The van der Waals surface area contributed by atoms with Crippen LogP contribution < -0.4 is 0 Å². The Morgan fingerprint density at radius 2 is 1.85 bits per heavy atom. The highest BCUT2D eigenvalue weighted by Crippen LogP contribution is 2.60. The maximum Gasteiger partial charge on any atom is 0.208 e. The fourth-order valence-corrected chi connectivity index (χ4v) is 6.85. The Balaban J connectivity index is 1.26. The molecule has 5 saturated carbocycles. The van der Waals surface area contributed by atoms with E-state index in [9.17, 15) is 0 Å². The van der Waals surface area contributed by atoms with Crippen molar-refractivity contribution in [3.05, 3.63) is 12.2 Å². The number of hydrogen-bond donors (Lipinski definition) is 1. The van der Waals surface area contributed by atoms with E-state index < -0.39 is 0 Å². The second-order valence-corrected chi connectivity index (χ2v) is 10.4. The van der Waals surface area contributed by atoms with Gasteiger partial charge in [0.05, 0.1) is 23.9 Å². The molecular weight excluding hydrogens is 326 g/mol. The van der Waals surface area contributed by atoms with E-state index in [1.165, 1.54) is 38.5 Å². The molecule has 4 heteroatoms. The quantitative estimate of drug-likeness (QED) is 0.443. The standard InChI is InChI=1S/C22H33NO3/c1-14(2)19(23)26-22-10-16-6-17(11-22)9-21(8-16,13-22)24-12-15-4-5-20(3)18(7-15)25-20/h15-18,23H,1,4-13H2,2-3H3. The van der Waals surface area contributed by atoms with Crippen molar-refractivity contribution < 1.29 is 14.2 Å². The van der Waals surface area contributed by atoms with Crippen LogP contribution in [0.1, 0.15) is 71.6 Å². The van der Waals surface area contributed by atoms with Gasteiger partial charge in [-0.3, -0.25) is 5.41 Å². The normalized spacial score (nSPS) is 51.0. The molecule has 0 radical (unpaired) electrons. The Labute approximate surface area is 157 Å². The van der Waals surface area contributed by atoms with E-state index in [1.54, 1.807) is 0 Å². The summed E-state index contributed by atoms with van der Waals surface area (Å²) in [4.78, 5) is 0. The van der Waals surface area contributed by atoms with Gasteiger partial charge < -0.3 is 14.2 Å². The van der Waals surface area contributed by atoms with Crippen LogP contribution in [0, 0.1) is 23.2 Å². The van der Waals surface area contributed by atoms with Crippen molar-refractivity contribution in [2.75, 3.05) is 6.61 Å². The molecule has 5 atom stereocenters. The topological polar surface area (TPSA) is 54.8 Å². The van der Waals surface area contributed by atoms with Crippen molar-refractivity contribution in [1.29, 1.82) is 5.41 Å². The van der Waals surface area contributed by atoms with Crippen LogP contribution in [0.2, 0.25) is 0 Å². The predicted octanol–water partition coefficient (Wildman–Crippen LogP) is 4.62. The maximum atomic E-state index is 8.17. The average Bonchev–Trinajstić information content (AvgIpc) is 3.22. The molecule has 1 saturated heterocycles. The van der Waals surface area contributed by atoms with Crippen LogP contribution in [0.3, 0.4) is 0 Å². The molecule has 6 rings (SSSR count). The Bertz CT molecular complexity index is 629. The molecule has 6 fully saturated rings. The van der Waals surface area contributed by atoms with E-state index in [-0.39, 0.29) is 22.7 Å². The number of ether oxygens (including phenoxy) is 3. The molecule has 4 bridgehead atoms. The highest BCUT2D eigenvalue weighted by molar-refractivity contribution is 5.89. The Kier molecular flexibility index (Phi) is 3.70. The van der Waals surface area contributed by atoms with Crippen LogP contribution in [0.15, 0.2) is 12.2 Å². The minimum Gasteiger partial charge on any atom is -0.471 e. The summed E-state index contributed by atoms with van der Waals surface area (Å²) in [6.07, 6.45) is 10.9. The zero-order chi connectivity index (χ0) is 18.2. The number of hydrogen-bond acceptors (Lipinski definition) is 4. The maximum absolute atomic E-state index is 8.17. The van der Waals surface area contributed by atoms with E-state index in [0.29, 0.717) is 23.9 Å². The third-order valence-electron chi connectivity index (χ3n) is 7.92. The highest BCUT2D eigenvalue weighted by Gasteiger charge is 2.61. The van der Waals surface area contributed by atoms with Crippen LogP contribution in [0.5, 0.6) is 0 Å². The lowest BCUT2D eigenvalue weighted by atomic mass is 9.52. The first kappa shape index (κ1) is 17.2. The molecule has 0 aromatic heterocycles. The number of rotatable bonds is 5. The molecule has 5 unspecified atom stereocenters. The van der Waals surface area contributed by atoms with Crippen LogP contribution in [-0.4, -0.2) is 35.4 Å². The van der Waals surface area contributed by atoms with E-state index >= 15 is 0 Å². The first-order chi connectivity index (χ1) is 12.3. The van der Waals surface area contributed by atoms with E-state index in [1.807, 2.05) is 6.92 Å². The summed E-state index contributed by atoms with van der Waals surface area (Å²) in [5.41, 5.74) is 0.735. The Morgan fingerprint density at radius 1 is 1.15 bits per heavy atom. The fraction of sp³-hybridized carbons (Fsp3) is 0.864. The first-order valence-electron chi connectivity index (χ1n) is 10.5. The molecule has 5 aliphatic carbocycles. The van der Waals surface area contributed by atoms with Gasteiger partial charge in [-0.2, -0.15) is 0 Å². The van der Waals surface area contributed by atoms with E-state index in [0.717, 1.165) is 31.4 Å². The minimum absolute atomic E-state index is 0.00933. The lowest BCUT2D eigenvalue weighted by molar-refractivity contribution is -0.219. The molecule has 1 N–H and O–H groups in total. The van der Waals surface area contributed by atoms with Crippen LogP contribution in [0.25, 0.3) is 0 Å². The van der Waals surface area contributed by atoms with E-state index in [4.69, 9.17) is 19.6 Å². The average molecular weight is 360 g/mol. The van der Waals surface area contributed by atoms with Gasteiger partial charge in [0, 0.05) is 12.0 Å².